The molecule has 0 saturated heterocycles. The van der Waals surface area contributed by atoms with E-state index in [2.05, 4.69) is 20.3 Å². The lowest BCUT2D eigenvalue weighted by Crippen LogP contribution is -2.40. The van der Waals surface area contributed by atoms with Crippen molar-refractivity contribution in [1.82, 2.24) is 15.0 Å². The van der Waals surface area contributed by atoms with E-state index in [1.165, 1.54) is 17.4 Å². The number of aromatic nitrogens is 1. The lowest BCUT2D eigenvalue weighted by molar-refractivity contribution is 0.0950. The number of carbonyl (C=O) groups excluding carboxylic acids is 2. The Hall–Kier alpha value is -4.06. The molecular weight excluding hydrogens is 572 g/mol. The zero-order chi connectivity index (χ0) is 30.5. The van der Waals surface area contributed by atoms with Gasteiger partial charge in [-0.2, -0.15) is 0 Å². The first-order valence-electron chi connectivity index (χ1n) is 13.4. The zero-order valence-corrected chi connectivity index (χ0v) is 25.7. The molecule has 0 atom stereocenters. The number of nitrogens with zero attached hydrogens (tertiary/aromatic N) is 1. The van der Waals surface area contributed by atoms with Gasteiger partial charge in [0.1, 0.15) is 5.01 Å². The molecule has 0 aliphatic rings. The second kappa shape index (κ2) is 12.8. The number of benzene rings is 3. The smallest absolute Gasteiger partial charge is 0.411 e. The van der Waals surface area contributed by atoms with Gasteiger partial charge >= 0.3 is 6.09 Å². The zero-order valence-electron chi connectivity index (χ0n) is 24.1. The van der Waals surface area contributed by atoms with E-state index in [0.717, 1.165) is 11.1 Å². The Kier molecular flexibility index (Phi) is 9.45. The minimum atomic E-state index is -4.00. The maximum absolute atomic E-state index is 13.6. The summed E-state index contributed by atoms with van der Waals surface area (Å²) in [5.74, 6) is -0.381. The van der Waals surface area contributed by atoms with Crippen molar-refractivity contribution >= 4 is 39.0 Å². The number of ether oxygens (including phenoxy) is 1. The number of nitrogens with one attached hydrogen (secondary N) is 3. The quantitative estimate of drug-likeness (QED) is 0.201. The van der Waals surface area contributed by atoms with Crippen LogP contribution in [0, 0.1) is 0 Å². The molecule has 0 spiro atoms. The monoisotopic (exact) mass is 606 g/mol. The average Bonchev–Trinajstić information content (AvgIpc) is 3.41. The molecule has 0 saturated carbocycles. The summed E-state index contributed by atoms with van der Waals surface area (Å²) in [5.41, 5.74) is 2.23. The molecule has 0 aliphatic carbocycles. The molecule has 0 aliphatic heterocycles. The summed E-state index contributed by atoms with van der Waals surface area (Å²) in [7, 11) is -4.00. The predicted octanol–water partition coefficient (Wildman–Crippen LogP) is 6.44. The SMILES string of the molecule is CC(C)OC(=O)Nc1ccc(-c2ncc(-c3ccc(C(=O)NCc4ccccc4)cc3S(=O)(=O)NC(C)(C)C)s2)cc1. The third-order valence-electron chi connectivity index (χ3n) is 5.76. The Bertz CT molecular complexity index is 1660. The molecule has 4 rings (SSSR count). The highest BCUT2D eigenvalue weighted by Gasteiger charge is 2.27. The fraction of sp³-hybridized carbons (Fsp3) is 0.258. The fourth-order valence-electron chi connectivity index (χ4n) is 4.02. The minimum absolute atomic E-state index is 0.0109. The Morgan fingerprint density at radius 3 is 2.31 bits per heavy atom. The number of rotatable bonds is 9. The van der Waals surface area contributed by atoms with E-state index in [-0.39, 0.29) is 22.5 Å². The van der Waals surface area contributed by atoms with Gasteiger partial charge in [-0.15, -0.1) is 11.3 Å². The third kappa shape index (κ3) is 8.25. The second-order valence-corrected chi connectivity index (χ2v) is 13.6. The lowest BCUT2D eigenvalue weighted by atomic mass is 10.1. The molecule has 2 amide bonds. The van der Waals surface area contributed by atoms with Crippen molar-refractivity contribution in [3.63, 3.8) is 0 Å². The Morgan fingerprint density at radius 2 is 1.67 bits per heavy atom. The topological polar surface area (TPSA) is 126 Å². The first kappa shape index (κ1) is 30.9. The normalized spacial score (nSPS) is 11.8. The molecule has 0 unspecified atom stereocenters. The van der Waals surface area contributed by atoms with Crippen LogP contribution in [0.1, 0.15) is 50.5 Å². The summed E-state index contributed by atoms with van der Waals surface area (Å²) in [4.78, 5) is 30.0. The number of amides is 2. The molecule has 1 aromatic heterocycles. The number of carbonyl (C=O) groups is 2. The molecule has 3 aromatic carbocycles. The standard InChI is InChI=1S/C31H34N4O5S2/c1-20(2)40-30(37)34-24-14-11-22(12-15-24)29-33-19-26(41-29)25-16-13-23(17-27(25)42(38,39)35-31(3,4)5)28(36)32-18-21-9-7-6-8-10-21/h6-17,19-20,35H,18H2,1-5H3,(H,32,36)(H,34,37). The second-order valence-electron chi connectivity index (χ2n) is 10.9. The number of sulfonamides is 1. The van der Waals surface area contributed by atoms with E-state index in [1.807, 2.05) is 42.5 Å². The maximum Gasteiger partial charge on any atom is 0.411 e. The maximum atomic E-state index is 13.6. The van der Waals surface area contributed by atoms with E-state index in [1.54, 1.807) is 65.1 Å². The van der Waals surface area contributed by atoms with Gasteiger partial charge in [0.2, 0.25) is 10.0 Å². The Balaban J connectivity index is 1.62. The van der Waals surface area contributed by atoms with Crippen molar-refractivity contribution in [3.8, 4) is 21.0 Å². The number of hydrogen-bond donors (Lipinski definition) is 3. The first-order valence-corrected chi connectivity index (χ1v) is 15.6. The van der Waals surface area contributed by atoms with Crippen LogP contribution in [-0.2, 0) is 21.3 Å². The highest BCUT2D eigenvalue weighted by molar-refractivity contribution is 7.89. The number of anilines is 1. The average molecular weight is 607 g/mol. The van der Waals surface area contributed by atoms with Crippen LogP contribution >= 0.6 is 11.3 Å². The van der Waals surface area contributed by atoms with Crippen molar-refractivity contribution in [2.75, 3.05) is 5.32 Å². The van der Waals surface area contributed by atoms with Crippen LogP contribution in [0.3, 0.4) is 0 Å². The minimum Gasteiger partial charge on any atom is -0.447 e. The van der Waals surface area contributed by atoms with Gasteiger partial charge in [0, 0.05) is 40.7 Å². The van der Waals surface area contributed by atoms with Gasteiger partial charge in [-0.1, -0.05) is 36.4 Å². The molecule has 3 N–H and O–H groups in total. The van der Waals surface area contributed by atoms with Crippen molar-refractivity contribution in [2.24, 2.45) is 0 Å². The fourth-order valence-corrected chi connectivity index (χ4v) is 6.71. The van der Waals surface area contributed by atoms with E-state index >= 15 is 0 Å². The van der Waals surface area contributed by atoms with Gasteiger partial charge in [-0.3, -0.25) is 10.1 Å². The third-order valence-corrected chi connectivity index (χ3v) is 8.64. The van der Waals surface area contributed by atoms with Gasteiger partial charge in [0.05, 0.1) is 15.9 Å². The Morgan fingerprint density at radius 1 is 0.976 bits per heavy atom. The molecule has 42 heavy (non-hydrogen) atoms. The van der Waals surface area contributed by atoms with Crippen LogP contribution in [0.5, 0.6) is 0 Å². The molecule has 220 valence electrons. The van der Waals surface area contributed by atoms with E-state index in [9.17, 15) is 18.0 Å². The molecule has 11 heteroatoms. The summed E-state index contributed by atoms with van der Waals surface area (Å²) in [6.07, 6.45) is 0.847. The van der Waals surface area contributed by atoms with Gasteiger partial charge in [-0.25, -0.2) is 22.9 Å². The van der Waals surface area contributed by atoms with Crippen LogP contribution in [0.4, 0.5) is 10.5 Å². The van der Waals surface area contributed by atoms with Crippen molar-refractivity contribution in [3.05, 3.63) is 90.1 Å². The molecule has 4 aromatic rings. The van der Waals surface area contributed by atoms with Gasteiger partial charge in [0.25, 0.3) is 5.91 Å². The molecule has 0 fully saturated rings. The van der Waals surface area contributed by atoms with Gasteiger partial charge in [0.15, 0.2) is 0 Å². The predicted molar refractivity (Wildman–Crippen MR) is 166 cm³/mol. The number of thiazole rings is 1. The van der Waals surface area contributed by atoms with Crippen LogP contribution < -0.4 is 15.4 Å². The van der Waals surface area contributed by atoms with Crippen LogP contribution in [0.2, 0.25) is 0 Å². The van der Waals surface area contributed by atoms with Gasteiger partial charge < -0.3 is 10.1 Å². The number of hydrogen-bond acceptors (Lipinski definition) is 7. The molecule has 0 radical (unpaired) electrons. The van der Waals surface area contributed by atoms with Crippen molar-refractivity contribution in [2.45, 2.75) is 57.7 Å². The van der Waals surface area contributed by atoms with Crippen molar-refractivity contribution in [1.29, 1.82) is 0 Å². The molecule has 9 nitrogen and oxygen atoms in total. The summed E-state index contributed by atoms with van der Waals surface area (Å²) in [6, 6.07) is 21.2. The first-order chi connectivity index (χ1) is 19.8. The lowest BCUT2D eigenvalue weighted by Gasteiger charge is -2.21. The molecule has 1 heterocycles. The highest BCUT2D eigenvalue weighted by atomic mass is 32.2. The molecule has 0 bridgehead atoms. The van der Waals surface area contributed by atoms with E-state index in [4.69, 9.17) is 4.74 Å². The largest absolute Gasteiger partial charge is 0.447 e. The summed E-state index contributed by atoms with van der Waals surface area (Å²) in [5, 5.41) is 6.19. The van der Waals surface area contributed by atoms with Crippen LogP contribution in [-0.4, -0.2) is 37.0 Å². The van der Waals surface area contributed by atoms with Gasteiger partial charge in [-0.05, 0) is 76.6 Å². The summed E-state index contributed by atoms with van der Waals surface area (Å²) < 4.78 is 34.9. The summed E-state index contributed by atoms with van der Waals surface area (Å²) >= 11 is 1.32. The van der Waals surface area contributed by atoms with Crippen LogP contribution in [0.25, 0.3) is 21.0 Å². The summed E-state index contributed by atoms with van der Waals surface area (Å²) in [6.45, 7) is 9.13. The van der Waals surface area contributed by atoms with Crippen molar-refractivity contribution < 1.29 is 22.7 Å². The van der Waals surface area contributed by atoms with E-state index in [0.29, 0.717) is 27.7 Å². The highest BCUT2D eigenvalue weighted by Crippen LogP contribution is 2.36. The molecular formula is C31H34N4O5S2. The van der Waals surface area contributed by atoms with Crippen LogP contribution in [0.15, 0.2) is 83.9 Å². The Labute approximate surface area is 250 Å². The van der Waals surface area contributed by atoms with E-state index < -0.39 is 21.7 Å².